The highest BCUT2D eigenvalue weighted by atomic mass is 16.1. The van der Waals surface area contributed by atoms with E-state index in [4.69, 9.17) is 0 Å². The Balaban J connectivity index is 1.05. The van der Waals surface area contributed by atoms with Crippen LogP contribution in [0.1, 0.15) is 48.0 Å². The van der Waals surface area contributed by atoms with Gasteiger partial charge in [0.2, 0.25) is 5.95 Å². The molecule has 2 N–H and O–H groups in total. The molecular formula is C28H31N9O. The smallest absolute Gasteiger partial charge is 0.251 e. The summed E-state index contributed by atoms with van der Waals surface area (Å²) in [5.41, 5.74) is 5.96. The van der Waals surface area contributed by atoms with Crippen molar-refractivity contribution in [2.45, 2.75) is 44.7 Å². The second-order valence-corrected chi connectivity index (χ2v) is 10.4. The Kier molecular flexibility index (Phi) is 5.88. The van der Waals surface area contributed by atoms with Crippen molar-refractivity contribution in [2.24, 2.45) is 0 Å². The summed E-state index contributed by atoms with van der Waals surface area (Å²) < 4.78 is 1.82. The molecule has 0 unspecified atom stereocenters. The van der Waals surface area contributed by atoms with Crippen LogP contribution in [0.3, 0.4) is 0 Å². The van der Waals surface area contributed by atoms with Gasteiger partial charge >= 0.3 is 0 Å². The zero-order valence-corrected chi connectivity index (χ0v) is 21.3. The summed E-state index contributed by atoms with van der Waals surface area (Å²) >= 11 is 0. The monoisotopic (exact) mass is 509 g/mol. The summed E-state index contributed by atoms with van der Waals surface area (Å²) in [5, 5.41) is 10.7. The second kappa shape index (κ2) is 9.68. The molecule has 4 aromatic rings. The van der Waals surface area contributed by atoms with E-state index in [9.17, 15) is 4.79 Å². The number of pyridine rings is 1. The first-order chi connectivity index (χ1) is 18.7. The van der Waals surface area contributed by atoms with Crippen LogP contribution >= 0.6 is 0 Å². The van der Waals surface area contributed by atoms with E-state index in [1.165, 1.54) is 45.2 Å². The van der Waals surface area contributed by atoms with Gasteiger partial charge in [0.1, 0.15) is 6.33 Å². The van der Waals surface area contributed by atoms with E-state index in [1.807, 2.05) is 47.2 Å². The van der Waals surface area contributed by atoms with Crippen LogP contribution in [0.25, 0.3) is 16.9 Å². The Morgan fingerprint density at radius 3 is 2.55 bits per heavy atom. The number of likely N-dealkylation sites (tertiary alicyclic amines) is 1. The minimum atomic E-state index is -0.0211. The molecule has 6 heterocycles. The zero-order chi connectivity index (χ0) is 25.5. The average molecular weight is 510 g/mol. The lowest BCUT2D eigenvalue weighted by molar-refractivity contribution is 0.0965. The molecule has 3 aliphatic rings. The predicted molar refractivity (Wildman–Crippen MR) is 146 cm³/mol. The van der Waals surface area contributed by atoms with E-state index < -0.39 is 0 Å². The summed E-state index contributed by atoms with van der Waals surface area (Å²) in [4.78, 5) is 30.7. The van der Waals surface area contributed by atoms with E-state index in [0.29, 0.717) is 18.2 Å². The molecule has 0 aliphatic carbocycles. The summed E-state index contributed by atoms with van der Waals surface area (Å²) in [6.45, 7) is 5.07. The Morgan fingerprint density at radius 1 is 0.921 bits per heavy atom. The van der Waals surface area contributed by atoms with Gasteiger partial charge in [-0.25, -0.2) is 19.5 Å². The first kappa shape index (κ1) is 23.1. The van der Waals surface area contributed by atoms with E-state index >= 15 is 0 Å². The average Bonchev–Trinajstić information content (AvgIpc) is 3.62. The number of benzene rings is 1. The number of hydrogen-bond acceptors (Lipinski definition) is 8. The van der Waals surface area contributed by atoms with Crippen molar-refractivity contribution < 1.29 is 4.79 Å². The van der Waals surface area contributed by atoms with Crippen LogP contribution in [0.5, 0.6) is 0 Å². The summed E-state index contributed by atoms with van der Waals surface area (Å²) in [7, 11) is 0. The third kappa shape index (κ3) is 4.24. The molecule has 0 radical (unpaired) electrons. The summed E-state index contributed by atoms with van der Waals surface area (Å²) in [6, 6.07) is 10.6. The van der Waals surface area contributed by atoms with Crippen LogP contribution in [0.2, 0.25) is 0 Å². The highest BCUT2D eigenvalue weighted by Crippen LogP contribution is 2.29. The van der Waals surface area contributed by atoms with E-state index in [-0.39, 0.29) is 5.91 Å². The molecule has 1 aromatic carbocycles. The Hall–Kier alpha value is -4.05. The fourth-order valence-corrected chi connectivity index (χ4v) is 6.04. The topological polar surface area (TPSA) is 104 Å². The van der Waals surface area contributed by atoms with Gasteiger partial charge in [-0.3, -0.25) is 4.79 Å². The summed E-state index contributed by atoms with van der Waals surface area (Å²) in [5.74, 6) is 0.771. The van der Waals surface area contributed by atoms with Crippen molar-refractivity contribution in [3.05, 3.63) is 60.2 Å². The third-order valence-electron chi connectivity index (χ3n) is 8.08. The maximum atomic E-state index is 11.9. The molecule has 1 amide bonds. The largest absolute Gasteiger partial charge is 0.350 e. The van der Waals surface area contributed by atoms with Gasteiger partial charge in [-0.15, -0.1) is 0 Å². The van der Waals surface area contributed by atoms with Crippen LogP contribution in [0, 0.1) is 0 Å². The van der Waals surface area contributed by atoms with Gasteiger partial charge in [0.05, 0.1) is 29.5 Å². The van der Waals surface area contributed by atoms with Crippen LogP contribution in [0.4, 0.5) is 17.3 Å². The van der Waals surface area contributed by atoms with Crippen molar-refractivity contribution in [3.63, 3.8) is 0 Å². The number of aromatic nitrogens is 5. The lowest BCUT2D eigenvalue weighted by Crippen LogP contribution is -2.47. The van der Waals surface area contributed by atoms with Crippen LogP contribution < -0.4 is 15.5 Å². The lowest BCUT2D eigenvalue weighted by atomic mass is 10.0. The molecule has 2 saturated heterocycles. The quantitative estimate of drug-likeness (QED) is 0.420. The van der Waals surface area contributed by atoms with Crippen molar-refractivity contribution in [3.8, 4) is 11.3 Å². The van der Waals surface area contributed by atoms with Gasteiger partial charge in [-0.1, -0.05) is 12.5 Å². The van der Waals surface area contributed by atoms with E-state index in [1.54, 1.807) is 6.33 Å². The maximum absolute atomic E-state index is 11.9. The normalized spacial score (nSPS) is 18.5. The Bertz CT molecular complexity index is 1470. The van der Waals surface area contributed by atoms with Gasteiger partial charge in [-0.2, -0.15) is 5.10 Å². The molecule has 7 rings (SSSR count). The number of nitrogens with one attached hydrogen (secondary N) is 2. The molecule has 10 heteroatoms. The molecule has 38 heavy (non-hydrogen) atoms. The molecule has 10 nitrogen and oxygen atoms in total. The summed E-state index contributed by atoms with van der Waals surface area (Å²) in [6.07, 6.45) is 11.6. The fourth-order valence-electron chi connectivity index (χ4n) is 6.04. The van der Waals surface area contributed by atoms with E-state index in [2.05, 4.69) is 40.5 Å². The number of piperidine rings is 2. The van der Waals surface area contributed by atoms with Crippen LogP contribution in [0.15, 0.2) is 49.1 Å². The Labute approximate surface area is 221 Å². The number of anilines is 3. The SMILES string of the molecule is O=C1NCc2cc(-c3ccc(Nc4cnc(N5CCC(N6CCCCC6)CC5)nc4)c4ncnn34)ccc21. The number of carbonyl (C=O) groups is 1. The van der Waals surface area contributed by atoms with Gasteiger partial charge in [0.25, 0.3) is 5.91 Å². The molecule has 0 saturated carbocycles. The van der Waals surface area contributed by atoms with Crippen molar-refractivity contribution >= 4 is 28.9 Å². The minimum Gasteiger partial charge on any atom is -0.350 e. The Morgan fingerprint density at radius 2 is 1.74 bits per heavy atom. The van der Waals surface area contributed by atoms with E-state index in [0.717, 1.165) is 52.8 Å². The van der Waals surface area contributed by atoms with Gasteiger partial charge in [-0.05, 0) is 68.6 Å². The van der Waals surface area contributed by atoms with Gasteiger partial charge in [0.15, 0.2) is 5.65 Å². The van der Waals surface area contributed by atoms with Gasteiger partial charge in [0, 0.05) is 36.8 Å². The van der Waals surface area contributed by atoms with Crippen LogP contribution in [-0.4, -0.2) is 67.6 Å². The number of amides is 1. The first-order valence-corrected chi connectivity index (χ1v) is 13.6. The molecule has 0 atom stereocenters. The third-order valence-corrected chi connectivity index (χ3v) is 8.08. The van der Waals surface area contributed by atoms with Gasteiger partial charge < -0.3 is 20.4 Å². The predicted octanol–water partition coefficient (Wildman–Crippen LogP) is 3.63. The van der Waals surface area contributed by atoms with Crippen LogP contribution in [-0.2, 0) is 6.54 Å². The highest BCUT2D eigenvalue weighted by molar-refractivity contribution is 5.98. The number of rotatable bonds is 5. The molecule has 3 aromatic heterocycles. The second-order valence-electron chi connectivity index (χ2n) is 10.4. The van der Waals surface area contributed by atoms with Crippen molar-refractivity contribution in [2.75, 3.05) is 36.4 Å². The standard InChI is InChI=1S/C28H31N9O/c38-27-23-5-4-19(14-20(23)15-29-27)25-7-6-24(26-32-18-33-37(25)26)34-21-16-30-28(31-17-21)36-12-8-22(9-13-36)35-10-2-1-3-11-35/h4-7,14,16-18,22,34H,1-3,8-13,15H2,(H,29,38). The molecule has 2 fully saturated rings. The van der Waals surface area contributed by atoms with Crippen molar-refractivity contribution in [1.82, 2.24) is 34.8 Å². The first-order valence-electron chi connectivity index (χ1n) is 13.6. The number of nitrogens with zero attached hydrogens (tertiary/aromatic N) is 7. The number of fused-ring (bicyclic) bond motifs is 2. The number of hydrogen-bond donors (Lipinski definition) is 2. The fraction of sp³-hybridized carbons (Fsp3) is 0.393. The molecule has 194 valence electrons. The van der Waals surface area contributed by atoms with Crippen molar-refractivity contribution in [1.29, 1.82) is 0 Å². The molecule has 0 bridgehead atoms. The maximum Gasteiger partial charge on any atom is 0.251 e. The molecule has 0 spiro atoms. The minimum absolute atomic E-state index is 0.0211. The zero-order valence-electron chi connectivity index (χ0n) is 21.3. The number of carbonyl (C=O) groups excluding carboxylic acids is 1. The molecular weight excluding hydrogens is 478 g/mol. The lowest BCUT2D eigenvalue weighted by Gasteiger charge is -2.40. The molecule has 3 aliphatic heterocycles. The highest BCUT2D eigenvalue weighted by Gasteiger charge is 2.26.